The molecule has 308 valence electrons. The molecule has 2 aromatic carbocycles. The van der Waals surface area contributed by atoms with Crippen molar-refractivity contribution in [3.63, 3.8) is 0 Å². The molecule has 3 N–H and O–H groups in total. The molecule has 4 aromatic rings. The second kappa shape index (κ2) is 15.8. The van der Waals surface area contributed by atoms with E-state index in [0.29, 0.717) is 28.4 Å². The molecule has 0 spiro atoms. The Labute approximate surface area is 343 Å². The van der Waals surface area contributed by atoms with Crippen LogP contribution in [0.25, 0.3) is 0 Å². The Kier molecular flexibility index (Phi) is 10.4. The van der Waals surface area contributed by atoms with Gasteiger partial charge >= 0.3 is 0 Å². The SMILES string of the molecule is CC1(C)CCc2c(C(=O)Nc3cnn([C@@H](CCN4CCN(CCC5CN(c6ccc7c(c6)C(=O)N(C6CCC(=O)NC6=O)C7=O)C5)CC4)c4ccccc4)c3)n[nH]c2C1. The van der Waals surface area contributed by atoms with Crippen LogP contribution in [0.5, 0.6) is 0 Å². The van der Waals surface area contributed by atoms with Crippen molar-refractivity contribution >= 4 is 40.9 Å². The Hall–Kier alpha value is -5.67. The monoisotopic (exact) mass is 800 g/mol. The predicted octanol–water partition coefficient (Wildman–Crippen LogP) is 3.90. The average molecular weight is 801 g/mol. The number of aromatic nitrogens is 4. The number of aromatic amines is 1. The highest BCUT2D eigenvalue weighted by Gasteiger charge is 2.45. The van der Waals surface area contributed by atoms with Crippen molar-refractivity contribution in [2.75, 3.05) is 62.6 Å². The van der Waals surface area contributed by atoms with Crippen molar-refractivity contribution in [2.45, 2.75) is 70.9 Å². The van der Waals surface area contributed by atoms with Crippen molar-refractivity contribution < 1.29 is 24.0 Å². The number of hydrogen-bond acceptors (Lipinski definition) is 10. The Morgan fingerprint density at radius 1 is 0.932 bits per heavy atom. The Bertz CT molecular complexity index is 2270. The lowest BCUT2D eigenvalue weighted by Crippen LogP contribution is -2.54. The number of benzene rings is 2. The van der Waals surface area contributed by atoms with Crippen molar-refractivity contribution in [3.05, 3.63) is 94.6 Å². The minimum absolute atomic E-state index is 0.0235. The maximum absolute atomic E-state index is 13.3. The van der Waals surface area contributed by atoms with Crippen LogP contribution < -0.4 is 15.5 Å². The third-order valence-electron chi connectivity index (χ3n) is 13.0. The second-order valence-corrected chi connectivity index (χ2v) is 17.7. The normalized spacial score (nSPS) is 21.6. The minimum Gasteiger partial charge on any atom is -0.371 e. The van der Waals surface area contributed by atoms with E-state index in [1.807, 2.05) is 23.0 Å². The van der Waals surface area contributed by atoms with Crippen molar-refractivity contribution in [3.8, 4) is 0 Å². The van der Waals surface area contributed by atoms with E-state index >= 15 is 0 Å². The van der Waals surface area contributed by atoms with E-state index < -0.39 is 23.8 Å². The summed E-state index contributed by atoms with van der Waals surface area (Å²) in [6.07, 6.45) is 8.64. The molecule has 0 saturated carbocycles. The van der Waals surface area contributed by atoms with Gasteiger partial charge in [-0.2, -0.15) is 10.2 Å². The van der Waals surface area contributed by atoms with Gasteiger partial charge in [0.15, 0.2) is 5.69 Å². The number of carbonyl (C=O) groups excluding carboxylic acids is 5. The van der Waals surface area contributed by atoms with E-state index in [9.17, 15) is 24.0 Å². The van der Waals surface area contributed by atoms with Gasteiger partial charge in [0, 0.05) is 75.4 Å². The number of carbonyl (C=O) groups is 5. The number of amides is 5. The summed E-state index contributed by atoms with van der Waals surface area (Å²) in [6.45, 7) is 12.3. The van der Waals surface area contributed by atoms with Gasteiger partial charge in [-0.05, 0) is 80.2 Å². The molecule has 4 aliphatic heterocycles. The van der Waals surface area contributed by atoms with Gasteiger partial charge in [0.05, 0.1) is 29.1 Å². The first-order chi connectivity index (χ1) is 28.5. The molecule has 3 saturated heterocycles. The molecule has 5 amide bonds. The van der Waals surface area contributed by atoms with Crippen molar-refractivity contribution in [1.29, 1.82) is 0 Å². The molecule has 0 radical (unpaired) electrons. The van der Waals surface area contributed by atoms with E-state index in [1.54, 1.807) is 18.3 Å². The van der Waals surface area contributed by atoms with Gasteiger partial charge in [-0.1, -0.05) is 44.2 Å². The van der Waals surface area contributed by atoms with Gasteiger partial charge in [-0.25, -0.2) is 0 Å². The van der Waals surface area contributed by atoms with Crippen LogP contribution in [-0.4, -0.2) is 123 Å². The van der Waals surface area contributed by atoms with Crippen LogP contribution in [-0.2, 0) is 22.4 Å². The molecule has 59 heavy (non-hydrogen) atoms. The molecule has 9 rings (SSSR count). The number of rotatable bonds is 12. The zero-order valence-electron chi connectivity index (χ0n) is 33.8. The maximum Gasteiger partial charge on any atom is 0.276 e. The molecule has 2 aromatic heterocycles. The fourth-order valence-electron chi connectivity index (χ4n) is 9.45. The largest absolute Gasteiger partial charge is 0.371 e. The summed E-state index contributed by atoms with van der Waals surface area (Å²) in [5.41, 5.74) is 6.14. The zero-order chi connectivity index (χ0) is 40.8. The van der Waals surface area contributed by atoms with Gasteiger partial charge in [0.1, 0.15) is 6.04 Å². The minimum atomic E-state index is -0.963. The Balaban J connectivity index is 0.735. The predicted molar refractivity (Wildman–Crippen MR) is 220 cm³/mol. The van der Waals surface area contributed by atoms with E-state index in [4.69, 9.17) is 5.10 Å². The number of H-pyrrole nitrogens is 1. The number of imide groups is 2. The summed E-state index contributed by atoms with van der Waals surface area (Å²) in [6, 6.07) is 14.8. The molecule has 3 fully saturated rings. The van der Waals surface area contributed by atoms with E-state index in [-0.39, 0.29) is 36.1 Å². The summed E-state index contributed by atoms with van der Waals surface area (Å²) in [5.74, 6) is -1.60. The van der Waals surface area contributed by atoms with Gasteiger partial charge < -0.3 is 20.0 Å². The quantitative estimate of drug-likeness (QED) is 0.179. The smallest absolute Gasteiger partial charge is 0.276 e. The lowest BCUT2D eigenvalue weighted by atomic mass is 9.76. The van der Waals surface area contributed by atoms with Crippen LogP contribution in [0, 0.1) is 11.3 Å². The van der Waals surface area contributed by atoms with E-state index in [0.717, 1.165) is 106 Å². The molecule has 1 aliphatic carbocycles. The molecule has 15 heteroatoms. The van der Waals surface area contributed by atoms with Crippen molar-refractivity contribution in [2.24, 2.45) is 11.3 Å². The Morgan fingerprint density at radius 3 is 2.44 bits per heavy atom. The number of nitrogens with one attached hydrogen (secondary N) is 3. The second-order valence-electron chi connectivity index (χ2n) is 17.7. The third-order valence-corrected chi connectivity index (χ3v) is 13.0. The third kappa shape index (κ3) is 7.93. The number of nitrogens with zero attached hydrogens (tertiary/aromatic N) is 7. The van der Waals surface area contributed by atoms with Crippen LogP contribution in [0.2, 0.25) is 0 Å². The number of anilines is 2. The molecule has 15 nitrogen and oxygen atoms in total. The maximum atomic E-state index is 13.3. The van der Waals surface area contributed by atoms with Crippen LogP contribution >= 0.6 is 0 Å². The Morgan fingerprint density at radius 2 is 1.68 bits per heavy atom. The number of hydrogen-bond donors (Lipinski definition) is 3. The summed E-state index contributed by atoms with van der Waals surface area (Å²) in [5, 5.41) is 17.5. The first kappa shape index (κ1) is 38.8. The molecule has 1 unspecified atom stereocenters. The van der Waals surface area contributed by atoms with Crippen LogP contribution in [0.15, 0.2) is 60.9 Å². The first-order valence-electron chi connectivity index (χ1n) is 21.0. The lowest BCUT2D eigenvalue weighted by molar-refractivity contribution is -0.136. The highest BCUT2D eigenvalue weighted by Crippen LogP contribution is 2.36. The number of piperazine rings is 1. The molecule has 0 bridgehead atoms. The van der Waals surface area contributed by atoms with Gasteiger partial charge in [-0.3, -0.25) is 44.0 Å². The van der Waals surface area contributed by atoms with Crippen LogP contribution in [0.1, 0.15) is 100 Å². The zero-order valence-corrected chi connectivity index (χ0v) is 33.8. The summed E-state index contributed by atoms with van der Waals surface area (Å²) in [4.78, 5) is 72.1. The summed E-state index contributed by atoms with van der Waals surface area (Å²) in [7, 11) is 0. The standard InChI is InChI=1S/C44H52N10O5/c1-44(2)15-12-33-35(23-44)48-49-39(33)41(57)46-30-24-45-53(27-30)36(29-6-4-3-5-7-29)14-17-51-20-18-50(19-21-51)16-13-28-25-52(26-28)31-8-9-32-34(22-31)43(59)54(42(32)58)37-10-11-38(55)47-40(37)56/h3-9,22,24,27-28,36-37H,10-21,23,25-26H2,1-2H3,(H,46,57)(H,48,49)(H,47,55,56)/t36-,37?/m0/s1. The topological polar surface area (TPSA) is 169 Å². The average Bonchev–Trinajstić information content (AvgIpc) is 3.91. The van der Waals surface area contributed by atoms with E-state index in [1.165, 1.54) is 5.56 Å². The molecule has 2 atom stereocenters. The summed E-state index contributed by atoms with van der Waals surface area (Å²) < 4.78 is 1.97. The fraction of sp³-hybridized carbons (Fsp3) is 0.477. The number of piperidine rings is 1. The number of fused-ring (bicyclic) bond motifs is 2. The molecular weight excluding hydrogens is 749 g/mol. The molecule has 6 heterocycles. The first-order valence-corrected chi connectivity index (χ1v) is 21.0. The van der Waals surface area contributed by atoms with Gasteiger partial charge in [-0.15, -0.1) is 0 Å². The van der Waals surface area contributed by atoms with Crippen LogP contribution in [0.4, 0.5) is 11.4 Å². The highest BCUT2D eigenvalue weighted by atomic mass is 16.2. The van der Waals surface area contributed by atoms with Crippen molar-refractivity contribution in [1.82, 2.24) is 40.0 Å². The van der Waals surface area contributed by atoms with Gasteiger partial charge in [0.25, 0.3) is 17.7 Å². The highest BCUT2D eigenvalue weighted by molar-refractivity contribution is 6.23. The molecular formula is C44H52N10O5. The molecule has 5 aliphatic rings. The van der Waals surface area contributed by atoms with E-state index in [2.05, 4.69) is 73.6 Å². The van der Waals surface area contributed by atoms with Gasteiger partial charge in [0.2, 0.25) is 11.8 Å². The van der Waals surface area contributed by atoms with Crippen LogP contribution in [0.3, 0.4) is 0 Å². The summed E-state index contributed by atoms with van der Waals surface area (Å²) >= 11 is 0. The fourth-order valence-corrected chi connectivity index (χ4v) is 9.45. The lowest BCUT2D eigenvalue weighted by Gasteiger charge is -2.43.